The number of anilines is 2. The maximum atomic E-state index is 14.8. The van der Waals surface area contributed by atoms with Crippen LogP contribution in [0.25, 0.3) is 0 Å². The zero-order valence-electron chi connectivity index (χ0n) is 18.0. The van der Waals surface area contributed by atoms with Crippen molar-refractivity contribution in [1.29, 1.82) is 0 Å². The number of piperazine rings is 1. The topological polar surface area (TPSA) is 93.9 Å². The van der Waals surface area contributed by atoms with Gasteiger partial charge < -0.3 is 20.9 Å². The van der Waals surface area contributed by atoms with Crippen LogP contribution in [0.3, 0.4) is 0 Å². The number of carbonyl (C=O) groups excluding carboxylic acids is 2. The summed E-state index contributed by atoms with van der Waals surface area (Å²) in [4.78, 5) is 30.2. The number of nitrogens with two attached hydrogens (primary N) is 1. The molecule has 4 rings (SSSR count). The Morgan fingerprint density at radius 1 is 1.00 bits per heavy atom. The molecule has 3 aliphatic rings. The maximum absolute atomic E-state index is 14.8. The van der Waals surface area contributed by atoms with Crippen LogP contribution in [0.2, 0.25) is 0 Å². The molecule has 3 saturated heterocycles. The number of imide groups is 1. The summed E-state index contributed by atoms with van der Waals surface area (Å²) in [5, 5.41) is 5.35. The summed E-state index contributed by atoms with van der Waals surface area (Å²) in [6.45, 7) is 7.72. The molecule has 1 aromatic rings. The first-order valence-electron chi connectivity index (χ1n) is 11.3. The first-order chi connectivity index (χ1) is 15.0. The zero-order chi connectivity index (χ0) is 21.8. The average molecular weight is 433 g/mol. The Bertz CT molecular complexity index is 790. The molecule has 3 aliphatic heterocycles. The lowest BCUT2D eigenvalue weighted by Gasteiger charge is -2.38. The number of likely N-dealkylation sites (tertiary alicyclic amines) is 1. The Morgan fingerprint density at radius 3 is 2.32 bits per heavy atom. The van der Waals surface area contributed by atoms with Crippen LogP contribution in [0.4, 0.5) is 15.8 Å². The molecule has 170 valence electrons. The van der Waals surface area contributed by atoms with Crippen LogP contribution in [-0.4, -0.2) is 86.1 Å². The second-order valence-corrected chi connectivity index (χ2v) is 8.82. The molecular weight excluding hydrogens is 399 g/mol. The fourth-order valence-corrected chi connectivity index (χ4v) is 4.56. The molecule has 3 fully saturated rings. The van der Waals surface area contributed by atoms with Crippen molar-refractivity contribution < 1.29 is 14.0 Å². The van der Waals surface area contributed by atoms with E-state index in [9.17, 15) is 14.0 Å². The molecule has 0 radical (unpaired) electrons. The summed E-state index contributed by atoms with van der Waals surface area (Å²) >= 11 is 0. The van der Waals surface area contributed by atoms with Gasteiger partial charge in [0, 0.05) is 57.4 Å². The van der Waals surface area contributed by atoms with Gasteiger partial charge in [-0.3, -0.25) is 19.8 Å². The summed E-state index contributed by atoms with van der Waals surface area (Å²) in [6, 6.07) is 4.86. The fraction of sp³-hybridized carbons (Fsp3) is 0.636. The maximum Gasteiger partial charge on any atom is 0.249 e. The van der Waals surface area contributed by atoms with Crippen molar-refractivity contribution in [2.75, 3.05) is 62.6 Å². The molecule has 9 heteroatoms. The van der Waals surface area contributed by atoms with Crippen molar-refractivity contribution in [3.05, 3.63) is 24.0 Å². The molecule has 31 heavy (non-hydrogen) atoms. The van der Waals surface area contributed by atoms with Crippen LogP contribution in [0.5, 0.6) is 0 Å². The van der Waals surface area contributed by atoms with Gasteiger partial charge in [-0.15, -0.1) is 0 Å². The van der Waals surface area contributed by atoms with Crippen LogP contribution in [0, 0.1) is 5.82 Å². The van der Waals surface area contributed by atoms with Crippen LogP contribution in [-0.2, 0) is 9.59 Å². The Balaban J connectivity index is 1.25. The highest BCUT2D eigenvalue weighted by molar-refractivity contribution is 6.01. The molecule has 0 aromatic heterocycles. The van der Waals surface area contributed by atoms with E-state index in [0.29, 0.717) is 30.3 Å². The van der Waals surface area contributed by atoms with E-state index in [1.54, 1.807) is 12.1 Å². The van der Waals surface area contributed by atoms with Gasteiger partial charge in [-0.25, -0.2) is 4.39 Å². The summed E-state index contributed by atoms with van der Waals surface area (Å²) < 4.78 is 14.8. The molecule has 1 atom stereocenters. The van der Waals surface area contributed by atoms with Gasteiger partial charge in [0.25, 0.3) is 0 Å². The molecule has 0 aliphatic carbocycles. The first kappa shape index (κ1) is 22.0. The molecule has 2 amide bonds. The molecule has 0 saturated carbocycles. The van der Waals surface area contributed by atoms with E-state index >= 15 is 0 Å². The largest absolute Gasteiger partial charge is 0.374 e. The third-order valence-corrected chi connectivity index (χ3v) is 6.61. The Kier molecular flexibility index (Phi) is 7.04. The quantitative estimate of drug-likeness (QED) is 0.567. The van der Waals surface area contributed by atoms with E-state index in [1.807, 2.05) is 0 Å². The van der Waals surface area contributed by atoms with Gasteiger partial charge in [-0.05, 0) is 50.6 Å². The normalized spacial score (nSPS) is 24.3. The van der Waals surface area contributed by atoms with Gasteiger partial charge >= 0.3 is 0 Å². The molecular formula is C22H33FN6O2. The molecule has 4 N–H and O–H groups in total. The highest BCUT2D eigenvalue weighted by Gasteiger charge is 2.27. The lowest BCUT2D eigenvalue weighted by molar-refractivity contribution is -0.133. The smallest absolute Gasteiger partial charge is 0.249 e. The monoisotopic (exact) mass is 432 g/mol. The van der Waals surface area contributed by atoms with Gasteiger partial charge in [0.05, 0.1) is 5.69 Å². The summed E-state index contributed by atoms with van der Waals surface area (Å²) in [7, 11) is 0. The van der Waals surface area contributed by atoms with Gasteiger partial charge in [-0.2, -0.15) is 0 Å². The number of nitrogens with zero attached hydrogens (tertiary/aromatic N) is 3. The van der Waals surface area contributed by atoms with Gasteiger partial charge in [-0.1, -0.05) is 0 Å². The Morgan fingerprint density at radius 2 is 1.68 bits per heavy atom. The van der Waals surface area contributed by atoms with E-state index in [4.69, 9.17) is 5.73 Å². The van der Waals surface area contributed by atoms with Crippen molar-refractivity contribution in [2.24, 2.45) is 5.73 Å². The second kappa shape index (κ2) is 9.93. The van der Waals surface area contributed by atoms with Gasteiger partial charge in [0.2, 0.25) is 11.8 Å². The minimum atomic E-state index is -0.512. The number of hydrogen-bond acceptors (Lipinski definition) is 7. The van der Waals surface area contributed by atoms with Crippen molar-refractivity contribution in [3.8, 4) is 0 Å². The molecule has 0 bridgehead atoms. The van der Waals surface area contributed by atoms with Gasteiger partial charge in [0.1, 0.15) is 11.9 Å². The van der Waals surface area contributed by atoms with Crippen LogP contribution < -0.4 is 21.3 Å². The number of halogens is 1. The third-order valence-electron chi connectivity index (χ3n) is 6.61. The van der Waals surface area contributed by atoms with Crippen molar-refractivity contribution in [2.45, 2.75) is 37.8 Å². The summed E-state index contributed by atoms with van der Waals surface area (Å²) in [5.41, 5.74) is 7.13. The van der Waals surface area contributed by atoms with Crippen LogP contribution in [0.15, 0.2) is 18.2 Å². The molecule has 8 nitrogen and oxygen atoms in total. The van der Waals surface area contributed by atoms with Crippen molar-refractivity contribution in [3.63, 3.8) is 0 Å². The molecule has 3 heterocycles. The third kappa shape index (κ3) is 5.72. The van der Waals surface area contributed by atoms with E-state index in [1.165, 1.54) is 6.07 Å². The highest BCUT2D eigenvalue weighted by Crippen LogP contribution is 2.25. The highest BCUT2D eigenvalue weighted by atomic mass is 19.1. The molecule has 1 aromatic carbocycles. The Labute approximate surface area is 182 Å². The predicted molar refractivity (Wildman–Crippen MR) is 118 cm³/mol. The summed E-state index contributed by atoms with van der Waals surface area (Å²) in [5.74, 6) is -0.913. The van der Waals surface area contributed by atoms with Crippen LogP contribution >= 0.6 is 0 Å². The van der Waals surface area contributed by atoms with E-state index < -0.39 is 6.04 Å². The number of piperidine rings is 2. The number of rotatable bonds is 6. The average Bonchev–Trinajstić information content (AvgIpc) is 2.76. The standard InChI is InChI=1S/C22H33FN6O2/c23-18-15-17(25-19-2-4-21(30)26-22(19)31)1-3-20(18)29-13-11-28(12-14-29)10-9-27-7-5-16(24)6-8-27/h1,3,15-16,19,25H,2,4-14,24H2,(H,26,30,31). The number of amides is 2. The number of benzene rings is 1. The predicted octanol–water partition coefficient (Wildman–Crippen LogP) is 0.588. The van der Waals surface area contributed by atoms with E-state index in [2.05, 4.69) is 25.3 Å². The lowest BCUT2D eigenvalue weighted by atomic mass is 10.1. The van der Waals surface area contributed by atoms with Crippen LogP contribution in [0.1, 0.15) is 25.7 Å². The summed E-state index contributed by atoms with van der Waals surface area (Å²) in [6.07, 6.45) is 2.88. The number of carbonyl (C=O) groups is 2. The van der Waals surface area contributed by atoms with E-state index in [-0.39, 0.29) is 17.6 Å². The second-order valence-electron chi connectivity index (χ2n) is 8.82. The minimum Gasteiger partial charge on any atom is -0.374 e. The number of hydrogen-bond donors (Lipinski definition) is 3. The SMILES string of the molecule is NC1CCN(CCN2CCN(c3ccc(NC4CCC(=O)NC4=O)cc3F)CC2)CC1. The molecule has 0 spiro atoms. The first-order valence-corrected chi connectivity index (χ1v) is 11.3. The Hall–Kier alpha value is -2.23. The van der Waals surface area contributed by atoms with Crippen molar-refractivity contribution in [1.82, 2.24) is 15.1 Å². The number of nitrogens with one attached hydrogen (secondary N) is 2. The zero-order valence-corrected chi connectivity index (χ0v) is 18.0. The minimum absolute atomic E-state index is 0.260. The van der Waals surface area contributed by atoms with Gasteiger partial charge in [0.15, 0.2) is 0 Å². The van der Waals surface area contributed by atoms with E-state index in [0.717, 1.165) is 65.2 Å². The lowest BCUT2D eigenvalue weighted by Crippen LogP contribution is -2.49. The fourth-order valence-electron chi connectivity index (χ4n) is 4.56. The molecule has 1 unspecified atom stereocenters. The van der Waals surface area contributed by atoms with Crippen molar-refractivity contribution >= 4 is 23.2 Å².